The molecule has 0 bridgehead atoms. The quantitative estimate of drug-likeness (QED) is 0.712. The molecule has 140 valence electrons. The topological polar surface area (TPSA) is 41.6 Å². The molecule has 2 aromatic carbocycles. The maximum atomic E-state index is 13.2. The minimum absolute atomic E-state index is 0.0117. The van der Waals surface area contributed by atoms with E-state index in [4.69, 9.17) is 4.74 Å². The minimum atomic E-state index is -0.916. The van der Waals surface area contributed by atoms with Gasteiger partial charge < -0.3 is 15.0 Å². The predicted molar refractivity (Wildman–Crippen MR) is 99.5 cm³/mol. The van der Waals surface area contributed by atoms with Crippen LogP contribution in [0.3, 0.4) is 0 Å². The van der Waals surface area contributed by atoms with Crippen LogP contribution in [0.15, 0.2) is 47.4 Å². The van der Waals surface area contributed by atoms with Crippen LogP contribution in [0.5, 0.6) is 5.75 Å². The SMILES string of the molecule is COc1cccc(C(CNC(=O)CSc2ccc(F)c(F)c2)N(C)C)c1. The Morgan fingerprint density at radius 1 is 1.19 bits per heavy atom. The second kappa shape index (κ2) is 9.54. The molecule has 1 unspecified atom stereocenters. The Morgan fingerprint density at radius 2 is 1.96 bits per heavy atom. The van der Waals surface area contributed by atoms with Gasteiger partial charge in [0.25, 0.3) is 0 Å². The van der Waals surface area contributed by atoms with E-state index < -0.39 is 11.6 Å². The van der Waals surface area contributed by atoms with Crippen LogP contribution in [0, 0.1) is 11.6 Å². The van der Waals surface area contributed by atoms with Crippen LogP contribution in [0.1, 0.15) is 11.6 Å². The number of likely N-dealkylation sites (N-methyl/N-ethyl adjacent to an activating group) is 1. The summed E-state index contributed by atoms with van der Waals surface area (Å²) in [5.41, 5.74) is 1.03. The maximum Gasteiger partial charge on any atom is 0.230 e. The largest absolute Gasteiger partial charge is 0.497 e. The number of nitrogens with one attached hydrogen (secondary N) is 1. The van der Waals surface area contributed by atoms with Crippen molar-refractivity contribution in [2.24, 2.45) is 0 Å². The smallest absolute Gasteiger partial charge is 0.230 e. The van der Waals surface area contributed by atoms with Crippen LogP contribution in [-0.2, 0) is 4.79 Å². The lowest BCUT2D eigenvalue weighted by molar-refractivity contribution is -0.118. The van der Waals surface area contributed by atoms with Gasteiger partial charge in [-0.1, -0.05) is 12.1 Å². The molecule has 0 heterocycles. The van der Waals surface area contributed by atoms with E-state index in [-0.39, 0.29) is 17.7 Å². The van der Waals surface area contributed by atoms with Gasteiger partial charge in [0.1, 0.15) is 5.75 Å². The number of nitrogens with zero attached hydrogens (tertiary/aromatic N) is 1. The minimum Gasteiger partial charge on any atom is -0.497 e. The molecular formula is C19H22F2N2O2S. The molecule has 0 spiro atoms. The first-order valence-corrected chi connectivity index (χ1v) is 9.04. The van der Waals surface area contributed by atoms with Crippen LogP contribution in [0.25, 0.3) is 0 Å². The van der Waals surface area contributed by atoms with E-state index in [1.807, 2.05) is 43.3 Å². The van der Waals surface area contributed by atoms with Crippen molar-refractivity contribution in [3.8, 4) is 5.75 Å². The van der Waals surface area contributed by atoms with E-state index in [0.29, 0.717) is 11.4 Å². The van der Waals surface area contributed by atoms with Crippen molar-refractivity contribution in [1.29, 1.82) is 0 Å². The van der Waals surface area contributed by atoms with Gasteiger partial charge in [-0.05, 0) is 50.0 Å². The van der Waals surface area contributed by atoms with E-state index in [1.165, 1.54) is 6.07 Å². The van der Waals surface area contributed by atoms with Gasteiger partial charge in [-0.2, -0.15) is 0 Å². The zero-order chi connectivity index (χ0) is 19.1. The van der Waals surface area contributed by atoms with Crippen LogP contribution in [0.4, 0.5) is 8.78 Å². The maximum absolute atomic E-state index is 13.2. The fourth-order valence-electron chi connectivity index (χ4n) is 2.42. The molecule has 0 fully saturated rings. The van der Waals surface area contributed by atoms with E-state index >= 15 is 0 Å². The van der Waals surface area contributed by atoms with Crippen LogP contribution >= 0.6 is 11.8 Å². The molecule has 0 saturated heterocycles. The monoisotopic (exact) mass is 380 g/mol. The molecule has 0 aliphatic heterocycles. The number of carbonyl (C=O) groups is 1. The summed E-state index contributed by atoms with van der Waals surface area (Å²) < 4.78 is 31.4. The molecule has 2 aromatic rings. The highest BCUT2D eigenvalue weighted by Crippen LogP contribution is 2.23. The number of amides is 1. The van der Waals surface area contributed by atoms with Crippen molar-refractivity contribution in [2.75, 3.05) is 33.5 Å². The summed E-state index contributed by atoms with van der Waals surface area (Å²) in [6, 6.07) is 11.3. The number of carbonyl (C=O) groups excluding carboxylic acids is 1. The lowest BCUT2D eigenvalue weighted by Gasteiger charge is -2.25. The van der Waals surface area contributed by atoms with Gasteiger partial charge in [-0.25, -0.2) is 8.78 Å². The van der Waals surface area contributed by atoms with Crippen molar-refractivity contribution in [3.05, 3.63) is 59.7 Å². The molecule has 0 saturated carbocycles. The Bertz CT molecular complexity index is 756. The van der Waals surface area contributed by atoms with Crippen molar-refractivity contribution < 1.29 is 18.3 Å². The van der Waals surface area contributed by atoms with Gasteiger partial charge in [-0.3, -0.25) is 4.79 Å². The Labute approximate surface area is 156 Å². The highest BCUT2D eigenvalue weighted by molar-refractivity contribution is 8.00. The molecule has 1 atom stereocenters. The summed E-state index contributed by atoms with van der Waals surface area (Å²) in [6.45, 7) is 0.428. The molecule has 26 heavy (non-hydrogen) atoms. The molecule has 1 N–H and O–H groups in total. The number of methoxy groups -OCH3 is 1. The summed E-state index contributed by atoms with van der Waals surface area (Å²) in [7, 11) is 5.49. The average molecular weight is 380 g/mol. The number of benzene rings is 2. The molecule has 4 nitrogen and oxygen atoms in total. The summed E-state index contributed by atoms with van der Waals surface area (Å²) >= 11 is 1.16. The lowest BCUT2D eigenvalue weighted by Crippen LogP contribution is -2.35. The normalized spacial score (nSPS) is 12.1. The zero-order valence-corrected chi connectivity index (χ0v) is 15.8. The Kier molecular flexibility index (Phi) is 7.41. The van der Waals surface area contributed by atoms with E-state index in [0.717, 1.165) is 35.2 Å². The average Bonchev–Trinajstić information content (AvgIpc) is 2.62. The molecule has 1 amide bonds. The molecule has 7 heteroatoms. The van der Waals surface area contributed by atoms with Gasteiger partial charge in [0, 0.05) is 11.4 Å². The number of hydrogen-bond acceptors (Lipinski definition) is 4. The molecular weight excluding hydrogens is 358 g/mol. The Morgan fingerprint density at radius 3 is 2.62 bits per heavy atom. The third-order valence-electron chi connectivity index (χ3n) is 3.86. The molecule has 0 aromatic heterocycles. The third-order valence-corrected chi connectivity index (χ3v) is 4.85. The number of halogens is 2. The number of rotatable bonds is 8. The summed E-state index contributed by atoms with van der Waals surface area (Å²) in [6.07, 6.45) is 0. The van der Waals surface area contributed by atoms with Gasteiger partial charge in [-0.15, -0.1) is 11.8 Å². The first kappa shape index (κ1) is 20.2. The first-order valence-electron chi connectivity index (χ1n) is 8.05. The van der Waals surface area contributed by atoms with Crippen LogP contribution in [-0.4, -0.2) is 44.3 Å². The van der Waals surface area contributed by atoms with Gasteiger partial charge in [0.15, 0.2) is 11.6 Å². The molecule has 0 aliphatic carbocycles. The predicted octanol–water partition coefficient (Wildman–Crippen LogP) is 3.48. The first-order chi connectivity index (χ1) is 12.4. The molecule has 0 aliphatic rings. The van der Waals surface area contributed by atoms with E-state index in [2.05, 4.69) is 5.32 Å². The third kappa shape index (κ3) is 5.71. The van der Waals surface area contributed by atoms with Crippen molar-refractivity contribution in [1.82, 2.24) is 10.2 Å². The zero-order valence-electron chi connectivity index (χ0n) is 15.0. The van der Waals surface area contributed by atoms with Gasteiger partial charge in [0.05, 0.1) is 18.9 Å². The van der Waals surface area contributed by atoms with Gasteiger partial charge >= 0.3 is 0 Å². The highest BCUT2D eigenvalue weighted by atomic mass is 32.2. The lowest BCUT2D eigenvalue weighted by atomic mass is 10.1. The number of thioether (sulfide) groups is 1. The number of ether oxygens (including phenoxy) is 1. The fourth-order valence-corrected chi connectivity index (χ4v) is 3.18. The van der Waals surface area contributed by atoms with E-state index in [9.17, 15) is 13.6 Å². The second-order valence-corrected chi connectivity index (χ2v) is 6.97. The standard InChI is InChI=1S/C19H22F2N2O2S/c1-23(2)18(13-5-4-6-14(9-13)25-3)11-22-19(24)12-26-15-7-8-16(20)17(21)10-15/h4-10,18H,11-12H2,1-3H3,(H,22,24). The summed E-state index contributed by atoms with van der Waals surface area (Å²) in [4.78, 5) is 14.6. The van der Waals surface area contributed by atoms with Crippen molar-refractivity contribution in [2.45, 2.75) is 10.9 Å². The van der Waals surface area contributed by atoms with Crippen molar-refractivity contribution >= 4 is 17.7 Å². The summed E-state index contributed by atoms with van der Waals surface area (Å²) in [5, 5.41) is 2.89. The molecule has 0 radical (unpaired) electrons. The highest BCUT2D eigenvalue weighted by Gasteiger charge is 2.16. The number of hydrogen-bond donors (Lipinski definition) is 1. The molecule has 2 rings (SSSR count). The summed E-state index contributed by atoms with van der Waals surface area (Å²) in [5.74, 6) is -1.10. The Balaban J connectivity index is 1.91. The van der Waals surface area contributed by atoms with Crippen LogP contribution in [0.2, 0.25) is 0 Å². The van der Waals surface area contributed by atoms with Crippen LogP contribution < -0.4 is 10.1 Å². The van der Waals surface area contributed by atoms with E-state index in [1.54, 1.807) is 7.11 Å². The Hall–Kier alpha value is -2.12. The van der Waals surface area contributed by atoms with Crippen molar-refractivity contribution in [3.63, 3.8) is 0 Å². The fraction of sp³-hybridized carbons (Fsp3) is 0.316. The van der Waals surface area contributed by atoms with Gasteiger partial charge in [0.2, 0.25) is 5.91 Å². The second-order valence-electron chi connectivity index (χ2n) is 5.92.